The largest absolute Gasteiger partial charge is 0.504 e. The Bertz CT molecular complexity index is 1210. The molecule has 8 heteroatoms. The van der Waals surface area contributed by atoms with Gasteiger partial charge in [0.25, 0.3) is 0 Å². The van der Waals surface area contributed by atoms with E-state index in [9.17, 15) is 15.5 Å². The average molecular weight is 465 g/mol. The van der Waals surface area contributed by atoms with Crippen LogP contribution in [0.4, 0.5) is 0 Å². The van der Waals surface area contributed by atoms with Crippen LogP contribution < -0.4 is 15.2 Å². The quantitative estimate of drug-likeness (QED) is 0.635. The molecule has 0 spiro atoms. The number of aromatic hydroxyl groups is 2. The first-order valence-electron chi connectivity index (χ1n) is 11.7. The first-order valence-corrected chi connectivity index (χ1v) is 11.7. The fourth-order valence-corrected chi connectivity index (χ4v) is 6.84. The lowest BCUT2D eigenvalue weighted by Crippen LogP contribution is -2.68. The number of aryl methyl sites for hydroxylation is 2. The molecule has 4 N–H and O–H groups in total. The van der Waals surface area contributed by atoms with Crippen LogP contribution in [0.1, 0.15) is 45.5 Å². The van der Waals surface area contributed by atoms with Gasteiger partial charge in [-0.1, -0.05) is 12.1 Å². The summed E-state index contributed by atoms with van der Waals surface area (Å²) >= 11 is 0. The fourth-order valence-electron chi connectivity index (χ4n) is 6.84. The number of fused-ring (bicyclic) bond motifs is 7. The lowest BCUT2D eigenvalue weighted by Gasteiger charge is -2.59. The molecule has 1 fully saturated rings. The van der Waals surface area contributed by atoms with Gasteiger partial charge >= 0.3 is 0 Å². The minimum atomic E-state index is -0.419. The zero-order valence-electron chi connectivity index (χ0n) is 20.3. The summed E-state index contributed by atoms with van der Waals surface area (Å²) < 4.78 is 11.0. The van der Waals surface area contributed by atoms with Crippen molar-refractivity contribution in [2.24, 2.45) is 5.73 Å². The van der Waals surface area contributed by atoms with Gasteiger partial charge in [-0.15, -0.1) is 0 Å². The van der Waals surface area contributed by atoms with Gasteiger partial charge in [0.15, 0.2) is 23.0 Å². The van der Waals surface area contributed by atoms with Gasteiger partial charge in [0.1, 0.15) is 6.04 Å². The highest BCUT2D eigenvalue weighted by Crippen LogP contribution is 2.55. The van der Waals surface area contributed by atoms with Gasteiger partial charge in [0.2, 0.25) is 0 Å². The molecule has 3 aliphatic rings. The van der Waals surface area contributed by atoms with Gasteiger partial charge in [0.05, 0.1) is 32.4 Å². The third-order valence-electron chi connectivity index (χ3n) is 8.14. The van der Waals surface area contributed by atoms with Crippen molar-refractivity contribution in [1.29, 1.82) is 5.26 Å². The zero-order chi connectivity index (χ0) is 24.5. The number of hydrogen-bond acceptors (Lipinski definition) is 8. The SMILES string of the molecule is COc1c(C)cc2c(c1O)[C@@H]1[C@@H]3Cc4cc(C)c(OC)c(O)c4[C@H](CN)N3[C@@H](C#N)[C@H](C2)N1C. The standard InChI is InChI=1S/C26H32N4O4/c1-12-6-14-9-17-22-21-15(7-13(2)26(34-5)24(21)32)8-16(29(22)3)18(10-27)30(17)19(11-28)20(14)23(31)25(12)33-4/h6-7,16-19,22,31-32H,8-9,11,28H2,1-5H3/t16-,17-,18-,19-,22-/m0/s1. The molecule has 0 aromatic heterocycles. The predicted octanol–water partition coefficient (Wildman–Crippen LogP) is 2.46. The van der Waals surface area contributed by atoms with E-state index in [1.54, 1.807) is 14.2 Å². The average Bonchev–Trinajstić information content (AvgIpc) is 2.79. The summed E-state index contributed by atoms with van der Waals surface area (Å²) in [6.07, 6.45) is 1.24. The van der Waals surface area contributed by atoms with E-state index >= 15 is 0 Å². The van der Waals surface area contributed by atoms with Crippen LogP contribution in [0.15, 0.2) is 12.1 Å². The van der Waals surface area contributed by atoms with E-state index in [-0.39, 0.29) is 42.2 Å². The maximum atomic E-state index is 11.3. The molecule has 3 aliphatic heterocycles. The van der Waals surface area contributed by atoms with Gasteiger partial charge in [-0.3, -0.25) is 9.80 Å². The Hall–Kier alpha value is -2.99. The van der Waals surface area contributed by atoms with Crippen LogP contribution in [0.2, 0.25) is 0 Å². The summed E-state index contributed by atoms with van der Waals surface area (Å²) in [5.74, 6) is 1.21. The molecular formula is C26H32N4O4. The van der Waals surface area contributed by atoms with Crippen LogP contribution in [0.3, 0.4) is 0 Å². The number of methoxy groups -OCH3 is 2. The van der Waals surface area contributed by atoms with Gasteiger partial charge < -0.3 is 25.4 Å². The fraction of sp³-hybridized carbons (Fsp3) is 0.500. The van der Waals surface area contributed by atoms with E-state index in [0.29, 0.717) is 24.3 Å². The molecule has 0 unspecified atom stereocenters. The topological polar surface area (TPSA) is 115 Å². The molecule has 0 aliphatic carbocycles. The maximum absolute atomic E-state index is 11.3. The van der Waals surface area contributed by atoms with Crippen LogP contribution in [-0.2, 0) is 12.8 Å². The van der Waals surface area contributed by atoms with E-state index in [1.807, 2.05) is 20.9 Å². The smallest absolute Gasteiger partial charge is 0.163 e. The van der Waals surface area contributed by atoms with Crippen LogP contribution in [0, 0.1) is 25.2 Å². The highest BCUT2D eigenvalue weighted by Gasteiger charge is 2.55. The number of ether oxygens (including phenoxy) is 2. The molecule has 0 amide bonds. The number of nitriles is 1. The van der Waals surface area contributed by atoms with E-state index in [0.717, 1.165) is 33.4 Å². The van der Waals surface area contributed by atoms with Crippen molar-refractivity contribution >= 4 is 0 Å². The second kappa shape index (κ2) is 8.05. The maximum Gasteiger partial charge on any atom is 0.163 e. The van der Waals surface area contributed by atoms with Crippen LogP contribution in [0.25, 0.3) is 0 Å². The van der Waals surface area contributed by atoms with Crippen molar-refractivity contribution in [3.05, 3.63) is 45.5 Å². The van der Waals surface area contributed by atoms with Crippen molar-refractivity contribution in [2.45, 2.75) is 56.9 Å². The minimum Gasteiger partial charge on any atom is -0.504 e. The number of phenolic OH excluding ortho intramolecular Hbond substituents is 2. The molecule has 1 saturated heterocycles. The normalized spacial score (nSPS) is 27.9. The minimum absolute atomic E-state index is 0.0731. The molecule has 5 rings (SSSR count). The Morgan fingerprint density at radius 3 is 2.06 bits per heavy atom. The Kier molecular flexibility index (Phi) is 5.40. The Morgan fingerprint density at radius 1 is 1.00 bits per heavy atom. The molecule has 180 valence electrons. The number of nitrogens with zero attached hydrogens (tertiary/aromatic N) is 3. The zero-order valence-corrected chi connectivity index (χ0v) is 20.3. The molecule has 0 radical (unpaired) electrons. The second-order valence-corrected chi connectivity index (χ2v) is 9.72. The lowest BCUT2D eigenvalue weighted by atomic mass is 9.72. The lowest BCUT2D eigenvalue weighted by molar-refractivity contribution is -0.0708. The van der Waals surface area contributed by atoms with Crippen molar-refractivity contribution in [2.75, 3.05) is 27.8 Å². The summed E-state index contributed by atoms with van der Waals surface area (Å²) in [5, 5.41) is 32.8. The highest BCUT2D eigenvalue weighted by molar-refractivity contribution is 5.60. The first kappa shape index (κ1) is 22.8. The number of nitrogens with two attached hydrogens (primary N) is 1. The molecule has 0 saturated carbocycles. The first-order chi connectivity index (χ1) is 16.3. The van der Waals surface area contributed by atoms with Crippen LogP contribution >= 0.6 is 0 Å². The van der Waals surface area contributed by atoms with Crippen molar-refractivity contribution in [1.82, 2.24) is 9.80 Å². The summed E-state index contributed by atoms with van der Waals surface area (Å²) in [6.45, 7) is 4.10. The van der Waals surface area contributed by atoms with Crippen LogP contribution in [-0.4, -0.2) is 66.0 Å². The summed E-state index contributed by atoms with van der Waals surface area (Å²) in [5.41, 5.74) is 11.7. The monoisotopic (exact) mass is 464 g/mol. The van der Waals surface area contributed by atoms with Gasteiger partial charge in [-0.05, 0) is 56.0 Å². The molecule has 5 atom stereocenters. The van der Waals surface area contributed by atoms with E-state index in [2.05, 4.69) is 28.0 Å². The number of rotatable bonds is 3. The van der Waals surface area contributed by atoms with Crippen molar-refractivity contribution in [3.63, 3.8) is 0 Å². The predicted molar refractivity (Wildman–Crippen MR) is 127 cm³/mol. The van der Waals surface area contributed by atoms with Gasteiger partial charge in [0, 0.05) is 29.8 Å². The second-order valence-electron chi connectivity index (χ2n) is 9.72. The summed E-state index contributed by atoms with van der Waals surface area (Å²) in [7, 11) is 5.16. The third kappa shape index (κ3) is 2.87. The number of piperazine rings is 1. The molecule has 8 nitrogen and oxygen atoms in total. The molecular weight excluding hydrogens is 432 g/mol. The van der Waals surface area contributed by atoms with E-state index in [1.165, 1.54) is 0 Å². The molecule has 2 aromatic carbocycles. The third-order valence-corrected chi connectivity index (χ3v) is 8.14. The molecule has 2 bridgehead atoms. The Morgan fingerprint density at radius 2 is 1.53 bits per heavy atom. The van der Waals surface area contributed by atoms with Crippen molar-refractivity contribution < 1.29 is 19.7 Å². The summed E-state index contributed by atoms with van der Waals surface area (Å²) in [6, 6.07) is 5.59. The number of phenols is 2. The molecule has 3 heterocycles. The molecule has 34 heavy (non-hydrogen) atoms. The van der Waals surface area contributed by atoms with Gasteiger partial charge in [-0.25, -0.2) is 0 Å². The Labute approximate surface area is 200 Å². The molecule has 2 aromatic rings. The van der Waals surface area contributed by atoms with E-state index in [4.69, 9.17) is 15.2 Å². The van der Waals surface area contributed by atoms with Crippen molar-refractivity contribution in [3.8, 4) is 29.1 Å². The highest BCUT2D eigenvalue weighted by atomic mass is 16.5. The van der Waals surface area contributed by atoms with Gasteiger partial charge in [-0.2, -0.15) is 5.26 Å². The summed E-state index contributed by atoms with van der Waals surface area (Å²) in [4.78, 5) is 4.42. The Balaban J connectivity index is 1.76. The number of hydrogen-bond donors (Lipinski definition) is 3. The van der Waals surface area contributed by atoms with E-state index < -0.39 is 6.04 Å². The number of likely N-dealkylation sites (N-methyl/N-ethyl adjacent to an activating group) is 1. The number of benzene rings is 2. The van der Waals surface area contributed by atoms with Crippen LogP contribution in [0.5, 0.6) is 23.0 Å².